The average Bonchev–Trinajstić information content (AvgIpc) is 3.87. The number of carbonyl (C=O) groups is 2. The maximum Gasteiger partial charge on any atom is 0.249 e. The minimum Gasteiger partial charge on any atom is -0.491 e. The van der Waals surface area contributed by atoms with Crippen molar-refractivity contribution in [1.29, 1.82) is 0 Å². The Morgan fingerprint density at radius 2 is 1.80 bits per heavy atom. The quantitative estimate of drug-likeness (QED) is 0.254. The summed E-state index contributed by atoms with van der Waals surface area (Å²) in [7, 11) is -2.00. The topological polar surface area (TPSA) is 144 Å². The highest BCUT2D eigenvalue weighted by molar-refractivity contribution is 7.92. The summed E-state index contributed by atoms with van der Waals surface area (Å²) in [5.74, 6) is -0.356. The molecule has 1 aromatic heterocycles. The first kappa shape index (κ1) is 31.3. The van der Waals surface area contributed by atoms with E-state index in [1.54, 1.807) is 49.5 Å². The van der Waals surface area contributed by atoms with Crippen LogP contribution in [-0.2, 0) is 32.4 Å². The van der Waals surface area contributed by atoms with Crippen molar-refractivity contribution in [2.75, 3.05) is 23.4 Å². The van der Waals surface area contributed by atoms with Crippen LogP contribution in [0.15, 0.2) is 65.7 Å². The third kappa shape index (κ3) is 6.34. The van der Waals surface area contributed by atoms with Crippen molar-refractivity contribution in [3.63, 3.8) is 0 Å². The van der Waals surface area contributed by atoms with Crippen LogP contribution < -0.4 is 21.1 Å². The largest absolute Gasteiger partial charge is 0.491 e. The van der Waals surface area contributed by atoms with Crippen LogP contribution in [0.2, 0.25) is 0 Å². The fraction of sp³-hybridized carbons (Fsp3) is 0.324. The number of rotatable bonds is 6. The first-order valence-corrected chi connectivity index (χ1v) is 16.8. The first-order chi connectivity index (χ1) is 21.9. The Hall–Kier alpha value is -4.71. The van der Waals surface area contributed by atoms with E-state index in [2.05, 4.69) is 15.6 Å². The van der Waals surface area contributed by atoms with Crippen LogP contribution in [0.25, 0.3) is 10.8 Å². The van der Waals surface area contributed by atoms with Crippen LogP contribution >= 0.6 is 0 Å². The monoisotopic (exact) mass is 645 g/mol. The molecule has 4 N–H and O–H groups in total. The fourth-order valence-corrected chi connectivity index (χ4v) is 7.62. The van der Waals surface area contributed by atoms with Crippen molar-refractivity contribution >= 4 is 49.6 Å². The first-order valence-electron chi connectivity index (χ1n) is 15.2. The summed E-state index contributed by atoms with van der Waals surface area (Å²) < 4.78 is 47.6. The highest BCUT2D eigenvalue weighted by Crippen LogP contribution is 2.37. The van der Waals surface area contributed by atoms with E-state index in [0.29, 0.717) is 52.9 Å². The van der Waals surface area contributed by atoms with Gasteiger partial charge in [-0.3, -0.25) is 9.59 Å². The summed E-state index contributed by atoms with van der Waals surface area (Å²) in [6.07, 6.45) is 2.57. The van der Waals surface area contributed by atoms with Crippen LogP contribution in [0.1, 0.15) is 55.8 Å². The molecule has 4 aromatic rings. The lowest BCUT2D eigenvalue weighted by molar-refractivity contribution is -0.131. The molecular weight excluding hydrogens is 609 g/mol. The van der Waals surface area contributed by atoms with Gasteiger partial charge >= 0.3 is 0 Å². The van der Waals surface area contributed by atoms with E-state index in [0.717, 1.165) is 11.8 Å². The fourth-order valence-electron chi connectivity index (χ4n) is 5.76. The number of likely N-dealkylation sites (N-methyl/N-ethyl adjacent to an activating group) is 1. The number of carbonyl (C=O) groups excluding carboxylic acids is 2. The second-order valence-electron chi connectivity index (χ2n) is 12.2. The molecule has 2 heterocycles. The van der Waals surface area contributed by atoms with Gasteiger partial charge < -0.3 is 26.0 Å². The zero-order valence-electron chi connectivity index (χ0n) is 25.8. The van der Waals surface area contributed by atoms with E-state index in [-0.39, 0.29) is 47.0 Å². The van der Waals surface area contributed by atoms with E-state index >= 15 is 0 Å². The summed E-state index contributed by atoms with van der Waals surface area (Å²) in [4.78, 5) is 32.9. The number of benzene rings is 3. The molecule has 0 unspecified atom stereocenters. The van der Waals surface area contributed by atoms with Crippen molar-refractivity contribution < 1.29 is 27.1 Å². The number of halogens is 1. The summed E-state index contributed by atoms with van der Waals surface area (Å²) in [6.45, 7) is 3.79. The lowest BCUT2D eigenvalue weighted by atomic mass is 9.98. The Morgan fingerprint density at radius 3 is 2.54 bits per heavy atom. The van der Waals surface area contributed by atoms with Crippen molar-refractivity contribution in [2.45, 2.75) is 68.4 Å². The molecule has 2 aliphatic rings. The molecule has 12 heteroatoms. The van der Waals surface area contributed by atoms with Gasteiger partial charge in [0.2, 0.25) is 11.8 Å². The molecule has 0 radical (unpaired) electrons. The van der Waals surface area contributed by atoms with Gasteiger partial charge in [0.1, 0.15) is 23.4 Å². The number of hydrogen-bond acceptors (Lipinski definition) is 8. The van der Waals surface area contributed by atoms with Gasteiger partial charge in [0.05, 0.1) is 22.4 Å². The molecular formula is C34H36FN5O5S. The number of anilines is 3. The van der Waals surface area contributed by atoms with Crippen molar-refractivity contribution in [3.8, 4) is 5.75 Å². The Kier molecular flexibility index (Phi) is 8.32. The maximum absolute atomic E-state index is 14.8. The maximum atomic E-state index is 14.8. The lowest BCUT2D eigenvalue weighted by Crippen LogP contribution is -2.35. The number of sulfone groups is 1. The summed E-state index contributed by atoms with van der Waals surface area (Å²) in [5.41, 5.74) is 8.63. The van der Waals surface area contributed by atoms with Gasteiger partial charge in [-0.05, 0) is 98.3 Å². The zero-order chi connectivity index (χ0) is 32.7. The molecule has 2 amide bonds. The number of nitrogens with two attached hydrogens (primary N) is 1. The Balaban J connectivity index is 1.45. The predicted octanol–water partition coefficient (Wildman–Crippen LogP) is 5.38. The number of pyridine rings is 1. The molecule has 1 aliphatic carbocycles. The third-order valence-electron chi connectivity index (χ3n) is 8.23. The number of hydrogen-bond donors (Lipinski definition) is 3. The van der Waals surface area contributed by atoms with Crippen LogP contribution in [0, 0.1) is 5.82 Å². The number of nitrogens with zero attached hydrogens (tertiary/aromatic N) is 2. The number of ether oxygens (including phenoxy) is 1. The highest BCUT2D eigenvalue weighted by Gasteiger charge is 2.38. The smallest absolute Gasteiger partial charge is 0.249 e. The molecule has 1 aliphatic heterocycles. The molecule has 10 nitrogen and oxygen atoms in total. The van der Waals surface area contributed by atoms with Crippen LogP contribution in [0.4, 0.5) is 21.6 Å². The SMILES string of the molecule is CC(C)Oc1ccc2cc1CCC(=O)Nc1ccc(S(=O)(=O)C3CC3)c(c1)CN(C)C(=O)[C@@H]2Nc1ccc2c(N)ncc(F)c2c1. The molecule has 6 rings (SSSR count). The van der Waals surface area contributed by atoms with E-state index in [9.17, 15) is 22.4 Å². The summed E-state index contributed by atoms with van der Waals surface area (Å²) in [6, 6.07) is 14.1. The molecule has 46 heavy (non-hydrogen) atoms. The number of amides is 2. The Morgan fingerprint density at radius 1 is 1.02 bits per heavy atom. The van der Waals surface area contributed by atoms with Crippen LogP contribution in [0.3, 0.4) is 0 Å². The van der Waals surface area contributed by atoms with Crippen molar-refractivity contribution in [3.05, 3.63) is 83.3 Å². The summed E-state index contributed by atoms with van der Waals surface area (Å²) in [5, 5.41) is 6.41. The van der Waals surface area contributed by atoms with E-state index < -0.39 is 26.9 Å². The van der Waals surface area contributed by atoms with Gasteiger partial charge in [-0.15, -0.1) is 0 Å². The van der Waals surface area contributed by atoms with Gasteiger partial charge in [-0.2, -0.15) is 0 Å². The van der Waals surface area contributed by atoms with Crippen molar-refractivity contribution in [2.24, 2.45) is 0 Å². The third-order valence-corrected chi connectivity index (χ3v) is 10.6. The second-order valence-corrected chi connectivity index (χ2v) is 14.4. The van der Waals surface area contributed by atoms with E-state index in [1.165, 1.54) is 11.0 Å². The number of fused-ring (bicyclic) bond motifs is 5. The van der Waals surface area contributed by atoms with E-state index in [1.807, 2.05) is 19.9 Å². The van der Waals surface area contributed by atoms with Crippen molar-refractivity contribution in [1.82, 2.24) is 9.88 Å². The predicted molar refractivity (Wildman–Crippen MR) is 175 cm³/mol. The number of nitrogen functional groups attached to an aromatic ring is 1. The van der Waals surface area contributed by atoms with E-state index in [4.69, 9.17) is 10.5 Å². The minimum atomic E-state index is -3.60. The van der Waals surface area contributed by atoms with Crippen LogP contribution in [0.5, 0.6) is 5.75 Å². The molecule has 1 fully saturated rings. The molecule has 0 spiro atoms. The van der Waals surface area contributed by atoms with Crippen LogP contribution in [-0.4, -0.2) is 48.5 Å². The zero-order valence-corrected chi connectivity index (χ0v) is 26.7. The summed E-state index contributed by atoms with van der Waals surface area (Å²) >= 11 is 0. The Labute approximate surface area is 267 Å². The number of aromatic nitrogens is 1. The van der Waals surface area contributed by atoms with Gasteiger partial charge in [-0.1, -0.05) is 6.07 Å². The standard InChI is InChI=1S/C34H36FN5O5S/c1-19(2)45-29-11-4-21-14-20(29)5-13-31(41)38-23-7-12-30(46(43,44)25-8-9-25)22(15-23)18-40(3)34(42)32(21)39-24-6-10-26-27(16-24)28(35)17-37-33(26)36/h4,6-7,10-12,14-17,19,25,32,39H,5,8-9,13,18H2,1-3H3,(H2,36,37)(H,38,41)/t32-/m1/s1. The van der Waals surface area contributed by atoms with Gasteiger partial charge in [-0.25, -0.2) is 17.8 Å². The molecule has 3 aromatic carbocycles. The second kappa shape index (κ2) is 12.2. The van der Waals surface area contributed by atoms with Gasteiger partial charge in [0, 0.05) is 42.2 Å². The average molecular weight is 646 g/mol. The normalized spacial score (nSPS) is 17.5. The minimum absolute atomic E-state index is 0.0298. The molecule has 1 saturated carbocycles. The van der Waals surface area contributed by atoms with Gasteiger partial charge in [0.15, 0.2) is 9.84 Å². The molecule has 240 valence electrons. The molecule has 0 saturated heterocycles. The highest BCUT2D eigenvalue weighted by atomic mass is 32.2. The molecule has 4 bridgehead atoms. The van der Waals surface area contributed by atoms with Gasteiger partial charge in [0.25, 0.3) is 0 Å². The number of nitrogens with one attached hydrogen (secondary N) is 2. The lowest BCUT2D eigenvalue weighted by Gasteiger charge is -2.28. The molecule has 1 atom stereocenters. The number of aryl methyl sites for hydroxylation is 1. The Bertz CT molecular complexity index is 1960.